The van der Waals surface area contributed by atoms with Crippen LogP contribution < -0.4 is 5.48 Å². The molecule has 0 aromatic carbocycles. The number of rotatable bonds is 2. The highest BCUT2D eigenvalue weighted by molar-refractivity contribution is 5.00. The molecule has 0 bridgehead atoms. The summed E-state index contributed by atoms with van der Waals surface area (Å²) in [7, 11) is 0. The van der Waals surface area contributed by atoms with Gasteiger partial charge in [-0.25, -0.2) is 0 Å². The Morgan fingerprint density at radius 1 is 1.07 bits per heavy atom. The molecular weight excluding hydrogens is 186 g/mol. The molecule has 0 aromatic rings. The molecule has 1 unspecified atom stereocenters. The Hall–Kier alpha value is -0.0800. The number of hydrogen-bond acceptors (Lipinski definition) is 2. The molecule has 2 aliphatic rings. The molecule has 0 amide bonds. The average Bonchev–Trinajstić information content (AvgIpc) is 2.16. The van der Waals surface area contributed by atoms with E-state index in [1.807, 2.05) is 0 Å². The van der Waals surface area contributed by atoms with Crippen LogP contribution in [-0.4, -0.2) is 11.6 Å². The maximum atomic E-state index is 5.71. The molecular formula is C13H25NO. The largest absolute Gasteiger partial charge is 0.296 e. The second kappa shape index (κ2) is 4.06. The Kier molecular flexibility index (Phi) is 3.09. The second-order valence-corrected chi connectivity index (χ2v) is 6.35. The second-order valence-electron chi connectivity index (χ2n) is 6.35. The molecule has 0 radical (unpaired) electrons. The van der Waals surface area contributed by atoms with Crippen molar-refractivity contribution in [3.8, 4) is 0 Å². The molecule has 1 spiro atoms. The van der Waals surface area contributed by atoms with Crippen LogP contribution in [0.1, 0.15) is 65.7 Å². The summed E-state index contributed by atoms with van der Waals surface area (Å²) in [5, 5.41) is 0. The zero-order valence-corrected chi connectivity index (χ0v) is 10.4. The van der Waals surface area contributed by atoms with Gasteiger partial charge in [-0.3, -0.25) is 4.84 Å². The normalized spacial score (nSPS) is 30.2. The summed E-state index contributed by atoms with van der Waals surface area (Å²) in [6, 6.07) is 0.622. The molecule has 2 fully saturated rings. The van der Waals surface area contributed by atoms with Gasteiger partial charge < -0.3 is 0 Å². The summed E-state index contributed by atoms with van der Waals surface area (Å²) in [6.45, 7) is 6.31. The first-order valence-corrected chi connectivity index (χ1v) is 6.45. The van der Waals surface area contributed by atoms with Gasteiger partial charge in [0.05, 0.1) is 5.60 Å². The average molecular weight is 211 g/mol. The van der Waals surface area contributed by atoms with E-state index in [-0.39, 0.29) is 5.60 Å². The summed E-state index contributed by atoms with van der Waals surface area (Å²) in [6.07, 6.45) is 9.83. The molecule has 0 aromatic heterocycles. The smallest absolute Gasteiger partial charge is 0.0813 e. The van der Waals surface area contributed by atoms with E-state index in [0.29, 0.717) is 11.5 Å². The highest BCUT2D eigenvalue weighted by atomic mass is 16.7. The van der Waals surface area contributed by atoms with E-state index in [2.05, 4.69) is 26.3 Å². The maximum Gasteiger partial charge on any atom is 0.0813 e. The fourth-order valence-electron chi connectivity index (χ4n) is 2.98. The molecule has 2 heteroatoms. The van der Waals surface area contributed by atoms with Crippen molar-refractivity contribution < 1.29 is 4.84 Å². The van der Waals surface area contributed by atoms with Crippen molar-refractivity contribution in [2.45, 2.75) is 77.4 Å². The van der Waals surface area contributed by atoms with Gasteiger partial charge in [0.25, 0.3) is 0 Å². The van der Waals surface area contributed by atoms with Crippen LogP contribution in [0.3, 0.4) is 0 Å². The zero-order valence-electron chi connectivity index (χ0n) is 10.4. The molecule has 1 atom stereocenters. The molecule has 0 aliphatic heterocycles. The molecule has 0 heterocycles. The van der Waals surface area contributed by atoms with Gasteiger partial charge in [0.2, 0.25) is 0 Å². The topological polar surface area (TPSA) is 21.3 Å². The number of nitrogens with one attached hydrogen (secondary N) is 1. The standard InChI is InChI=1S/C13H25NO/c1-12(2,3)15-14-11-7-10-13(11)8-5-4-6-9-13/h11,14H,4-10H2,1-3H3. The third kappa shape index (κ3) is 2.54. The summed E-state index contributed by atoms with van der Waals surface area (Å²) >= 11 is 0. The quantitative estimate of drug-likeness (QED) is 0.707. The van der Waals surface area contributed by atoms with Gasteiger partial charge >= 0.3 is 0 Å². The minimum absolute atomic E-state index is 0.0640. The van der Waals surface area contributed by atoms with Gasteiger partial charge in [-0.15, -0.1) is 0 Å². The van der Waals surface area contributed by atoms with Gasteiger partial charge in [-0.2, -0.15) is 5.48 Å². The molecule has 2 rings (SSSR count). The van der Waals surface area contributed by atoms with Crippen LogP contribution in [0, 0.1) is 5.41 Å². The molecule has 1 N–H and O–H groups in total. The van der Waals surface area contributed by atoms with Crippen molar-refractivity contribution in [3.05, 3.63) is 0 Å². The molecule has 2 saturated carbocycles. The Balaban J connectivity index is 1.83. The lowest BCUT2D eigenvalue weighted by Gasteiger charge is -2.52. The SMILES string of the molecule is CC(C)(C)ONC1CCC12CCCCC2. The van der Waals surface area contributed by atoms with Gasteiger partial charge in [-0.1, -0.05) is 19.3 Å². The van der Waals surface area contributed by atoms with Gasteiger partial charge in [-0.05, 0) is 51.9 Å². The van der Waals surface area contributed by atoms with E-state index in [4.69, 9.17) is 4.84 Å². The van der Waals surface area contributed by atoms with Crippen molar-refractivity contribution in [2.24, 2.45) is 5.41 Å². The maximum absolute atomic E-state index is 5.71. The summed E-state index contributed by atoms with van der Waals surface area (Å²) < 4.78 is 0. The highest BCUT2D eigenvalue weighted by Gasteiger charge is 2.47. The van der Waals surface area contributed by atoms with Crippen LogP contribution >= 0.6 is 0 Å². The Morgan fingerprint density at radius 3 is 2.20 bits per heavy atom. The third-order valence-electron chi connectivity index (χ3n) is 4.03. The predicted molar refractivity (Wildman–Crippen MR) is 62.5 cm³/mol. The van der Waals surface area contributed by atoms with Crippen LogP contribution in [-0.2, 0) is 4.84 Å². The van der Waals surface area contributed by atoms with Crippen LogP contribution in [0.15, 0.2) is 0 Å². The lowest BCUT2D eigenvalue weighted by molar-refractivity contribution is -0.140. The van der Waals surface area contributed by atoms with Crippen LogP contribution in [0.5, 0.6) is 0 Å². The van der Waals surface area contributed by atoms with E-state index >= 15 is 0 Å². The first-order valence-electron chi connectivity index (χ1n) is 6.45. The summed E-state index contributed by atoms with van der Waals surface area (Å²) in [5.74, 6) is 0. The van der Waals surface area contributed by atoms with E-state index < -0.39 is 0 Å². The van der Waals surface area contributed by atoms with E-state index in [1.165, 1.54) is 44.9 Å². The lowest BCUT2D eigenvalue weighted by Crippen LogP contribution is -2.55. The zero-order chi connectivity index (χ0) is 10.9. The fourth-order valence-corrected chi connectivity index (χ4v) is 2.98. The fraction of sp³-hybridized carbons (Fsp3) is 1.00. The van der Waals surface area contributed by atoms with Gasteiger partial charge in [0.1, 0.15) is 0 Å². The van der Waals surface area contributed by atoms with Crippen LogP contribution in [0.4, 0.5) is 0 Å². The van der Waals surface area contributed by atoms with Gasteiger partial charge in [0, 0.05) is 6.04 Å². The first-order chi connectivity index (χ1) is 7.02. The Bertz CT molecular complexity index is 213. The molecule has 15 heavy (non-hydrogen) atoms. The van der Waals surface area contributed by atoms with E-state index in [0.717, 1.165) is 0 Å². The lowest BCUT2D eigenvalue weighted by atomic mass is 9.57. The Labute approximate surface area is 93.7 Å². The third-order valence-corrected chi connectivity index (χ3v) is 4.03. The number of hydroxylamine groups is 1. The molecule has 0 saturated heterocycles. The minimum atomic E-state index is -0.0640. The highest BCUT2D eigenvalue weighted by Crippen LogP contribution is 2.51. The van der Waals surface area contributed by atoms with E-state index in [1.54, 1.807) is 0 Å². The predicted octanol–water partition coefficient (Wildman–Crippen LogP) is 3.42. The summed E-state index contributed by atoms with van der Waals surface area (Å²) in [5.41, 5.74) is 3.86. The minimum Gasteiger partial charge on any atom is -0.296 e. The van der Waals surface area contributed by atoms with Crippen LogP contribution in [0.25, 0.3) is 0 Å². The van der Waals surface area contributed by atoms with Crippen molar-refractivity contribution in [3.63, 3.8) is 0 Å². The van der Waals surface area contributed by atoms with Gasteiger partial charge in [0.15, 0.2) is 0 Å². The molecule has 88 valence electrons. The monoisotopic (exact) mass is 211 g/mol. The first kappa shape index (κ1) is 11.4. The van der Waals surface area contributed by atoms with Crippen LogP contribution in [0.2, 0.25) is 0 Å². The summed E-state index contributed by atoms with van der Waals surface area (Å²) in [4.78, 5) is 5.71. The van der Waals surface area contributed by atoms with Crippen molar-refractivity contribution in [1.82, 2.24) is 5.48 Å². The van der Waals surface area contributed by atoms with Crippen molar-refractivity contribution >= 4 is 0 Å². The molecule has 2 aliphatic carbocycles. The van der Waals surface area contributed by atoms with Crippen molar-refractivity contribution in [1.29, 1.82) is 0 Å². The van der Waals surface area contributed by atoms with Crippen molar-refractivity contribution in [2.75, 3.05) is 0 Å². The number of hydrogen-bond donors (Lipinski definition) is 1. The molecule has 2 nitrogen and oxygen atoms in total. The van der Waals surface area contributed by atoms with E-state index in [9.17, 15) is 0 Å². The Morgan fingerprint density at radius 2 is 1.73 bits per heavy atom.